The molecule has 0 unspecified atom stereocenters. The molecule has 4 nitrogen and oxygen atoms in total. The Morgan fingerprint density at radius 3 is 2.20 bits per heavy atom. The highest BCUT2D eigenvalue weighted by molar-refractivity contribution is 6.09. The van der Waals surface area contributed by atoms with E-state index in [4.69, 9.17) is 0 Å². The summed E-state index contributed by atoms with van der Waals surface area (Å²) < 4.78 is 76.9. The molecule has 0 aromatic heterocycles. The van der Waals surface area contributed by atoms with Crippen molar-refractivity contribution in [2.24, 2.45) is 5.92 Å². The van der Waals surface area contributed by atoms with Crippen molar-refractivity contribution >= 4 is 17.5 Å². The normalized spacial score (nSPS) is 17.3. The molecule has 1 aliphatic rings. The average Bonchev–Trinajstić information content (AvgIpc) is 3.06. The second-order valence-electron chi connectivity index (χ2n) is 6.80. The number of alkyl halides is 6. The highest BCUT2D eigenvalue weighted by Crippen LogP contribution is 2.33. The van der Waals surface area contributed by atoms with Crippen LogP contribution < -0.4 is 10.2 Å². The summed E-state index contributed by atoms with van der Waals surface area (Å²) >= 11 is 0. The topological polar surface area (TPSA) is 49.4 Å². The minimum atomic E-state index is -4.57. The lowest BCUT2D eigenvalue weighted by Crippen LogP contribution is -2.36. The molecular weight excluding hydrogens is 414 g/mol. The molecule has 2 amide bonds. The van der Waals surface area contributed by atoms with Gasteiger partial charge in [0.1, 0.15) is 5.92 Å². The summed E-state index contributed by atoms with van der Waals surface area (Å²) in [6, 6.07) is 8.64. The molecular formula is C20H16F6N2O2. The van der Waals surface area contributed by atoms with Crippen molar-refractivity contribution < 1.29 is 35.9 Å². The van der Waals surface area contributed by atoms with Crippen LogP contribution in [0.5, 0.6) is 0 Å². The number of amides is 2. The molecule has 0 aliphatic carbocycles. The maximum atomic E-state index is 12.9. The fourth-order valence-electron chi connectivity index (χ4n) is 3.20. The quantitative estimate of drug-likeness (QED) is 0.578. The van der Waals surface area contributed by atoms with Gasteiger partial charge in [0.15, 0.2) is 0 Å². The largest absolute Gasteiger partial charge is 0.416 e. The van der Waals surface area contributed by atoms with Crippen molar-refractivity contribution in [2.75, 3.05) is 11.4 Å². The summed E-state index contributed by atoms with van der Waals surface area (Å²) in [6.07, 6.45) is -9.00. The van der Waals surface area contributed by atoms with Gasteiger partial charge in [0, 0.05) is 18.8 Å². The van der Waals surface area contributed by atoms with Crippen molar-refractivity contribution in [2.45, 2.75) is 25.3 Å². The molecule has 160 valence electrons. The molecule has 10 heteroatoms. The summed E-state index contributed by atoms with van der Waals surface area (Å²) in [5.41, 5.74) is -1.53. The van der Waals surface area contributed by atoms with E-state index in [1.807, 2.05) is 0 Å². The van der Waals surface area contributed by atoms with Crippen molar-refractivity contribution in [3.8, 4) is 0 Å². The van der Waals surface area contributed by atoms with Gasteiger partial charge in [-0.15, -0.1) is 0 Å². The number of nitrogens with zero attached hydrogens (tertiary/aromatic N) is 1. The third kappa shape index (κ3) is 4.74. The third-order valence-corrected chi connectivity index (χ3v) is 4.73. The Labute approximate surface area is 167 Å². The first-order chi connectivity index (χ1) is 14.0. The van der Waals surface area contributed by atoms with Gasteiger partial charge in [-0.1, -0.05) is 18.2 Å². The molecule has 2 aromatic carbocycles. The van der Waals surface area contributed by atoms with E-state index < -0.39 is 41.2 Å². The smallest absolute Gasteiger partial charge is 0.351 e. The molecule has 2 aromatic rings. The fourth-order valence-corrected chi connectivity index (χ4v) is 3.20. The van der Waals surface area contributed by atoms with Crippen molar-refractivity contribution in [3.63, 3.8) is 0 Å². The number of hydrogen-bond donors (Lipinski definition) is 1. The summed E-state index contributed by atoms with van der Waals surface area (Å²) in [6.45, 7) is -0.155. The number of anilines is 1. The van der Waals surface area contributed by atoms with Gasteiger partial charge in [0.05, 0.1) is 11.1 Å². The number of carbonyl (C=O) groups is 2. The van der Waals surface area contributed by atoms with Crippen LogP contribution in [0.2, 0.25) is 0 Å². The van der Waals surface area contributed by atoms with E-state index in [9.17, 15) is 35.9 Å². The second kappa shape index (κ2) is 8.00. The van der Waals surface area contributed by atoms with E-state index in [1.54, 1.807) is 0 Å². The molecule has 30 heavy (non-hydrogen) atoms. The standard InChI is InChI=1S/C20H16F6N2O2/c21-19(22,23)13-4-1-3-12(9-13)11-27-17(29)16-7-8-28(18(16)30)15-6-2-5-14(10-15)20(24,25)26/h1-6,9-10,16H,7-8,11H2,(H,27,29)/t16-/m0/s1. The molecule has 1 heterocycles. The first-order valence-corrected chi connectivity index (χ1v) is 8.89. The van der Waals surface area contributed by atoms with Gasteiger partial charge in [-0.3, -0.25) is 9.59 Å². The van der Waals surface area contributed by atoms with Crippen molar-refractivity contribution in [1.82, 2.24) is 5.32 Å². The summed E-state index contributed by atoms with van der Waals surface area (Å²) in [4.78, 5) is 26.0. The Morgan fingerprint density at radius 2 is 1.57 bits per heavy atom. The van der Waals surface area contributed by atoms with Crippen LogP contribution in [0.1, 0.15) is 23.1 Å². The highest BCUT2D eigenvalue weighted by atomic mass is 19.4. The lowest BCUT2D eigenvalue weighted by Gasteiger charge is -2.18. The van der Waals surface area contributed by atoms with Crippen LogP contribution in [0.3, 0.4) is 0 Å². The van der Waals surface area contributed by atoms with Crippen LogP contribution in [-0.2, 0) is 28.5 Å². The molecule has 0 spiro atoms. The first-order valence-electron chi connectivity index (χ1n) is 8.89. The molecule has 0 saturated carbocycles. The number of carbonyl (C=O) groups excluding carboxylic acids is 2. The summed E-state index contributed by atoms with van der Waals surface area (Å²) in [5, 5.41) is 2.42. The Bertz CT molecular complexity index is 955. The van der Waals surface area contributed by atoms with E-state index >= 15 is 0 Å². The van der Waals surface area contributed by atoms with E-state index in [0.29, 0.717) is 0 Å². The Kier molecular flexibility index (Phi) is 5.78. The number of halogens is 6. The van der Waals surface area contributed by atoms with Gasteiger partial charge in [-0.25, -0.2) is 0 Å². The second-order valence-corrected chi connectivity index (χ2v) is 6.80. The zero-order valence-electron chi connectivity index (χ0n) is 15.3. The fraction of sp³-hybridized carbons (Fsp3) is 0.300. The Morgan fingerprint density at radius 1 is 0.967 bits per heavy atom. The number of hydrogen-bond acceptors (Lipinski definition) is 2. The van der Waals surface area contributed by atoms with Crippen LogP contribution in [0.15, 0.2) is 48.5 Å². The summed E-state index contributed by atoms with van der Waals surface area (Å²) in [5.74, 6) is -2.46. The zero-order valence-corrected chi connectivity index (χ0v) is 15.3. The van der Waals surface area contributed by atoms with Gasteiger partial charge in [0.25, 0.3) is 0 Å². The van der Waals surface area contributed by atoms with Gasteiger partial charge in [-0.05, 0) is 42.3 Å². The minimum Gasteiger partial charge on any atom is -0.351 e. The number of benzene rings is 2. The van der Waals surface area contributed by atoms with Crippen molar-refractivity contribution in [1.29, 1.82) is 0 Å². The molecule has 1 fully saturated rings. The SMILES string of the molecule is O=C(NCc1cccc(C(F)(F)F)c1)[C@@H]1CCN(c2cccc(C(F)(F)F)c2)C1=O. The van der Waals surface area contributed by atoms with Gasteiger partial charge in [0.2, 0.25) is 11.8 Å². The van der Waals surface area contributed by atoms with E-state index in [-0.39, 0.29) is 30.8 Å². The van der Waals surface area contributed by atoms with E-state index in [1.165, 1.54) is 24.3 Å². The average molecular weight is 430 g/mol. The third-order valence-electron chi connectivity index (χ3n) is 4.73. The Hall–Kier alpha value is -3.04. The molecule has 1 N–H and O–H groups in total. The van der Waals surface area contributed by atoms with Crippen LogP contribution >= 0.6 is 0 Å². The summed E-state index contributed by atoms with van der Waals surface area (Å²) in [7, 11) is 0. The molecule has 0 radical (unpaired) electrons. The number of rotatable bonds is 4. The maximum Gasteiger partial charge on any atom is 0.416 e. The predicted molar refractivity (Wildman–Crippen MR) is 95.2 cm³/mol. The molecule has 1 saturated heterocycles. The molecule has 0 bridgehead atoms. The molecule has 1 atom stereocenters. The minimum absolute atomic E-state index is 0.0306. The maximum absolute atomic E-state index is 12.9. The molecule has 3 rings (SSSR count). The van der Waals surface area contributed by atoms with Gasteiger partial charge in [-0.2, -0.15) is 26.3 Å². The van der Waals surface area contributed by atoms with Crippen LogP contribution in [0.25, 0.3) is 0 Å². The predicted octanol–water partition coefficient (Wildman–Crippen LogP) is 4.39. The Balaban J connectivity index is 1.66. The van der Waals surface area contributed by atoms with Gasteiger partial charge < -0.3 is 10.2 Å². The monoisotopic (exact) mass is 430 g/mol. The lowest BCUT2D eigenvalue weighted by molar-refractivity contribution is -0.138. The first kappa shape index (κ1) is 21.7. The number of nitrogens with one attached hydrogen (secondary N) is 1. The van der Waals surface area contributed by atoms with Crippen LogP contribution in [-0.4, -0.2) is 18.4 Å². The highest BCUT2D eigenvalue weighted by Gasteiger charge is 2.38. The van der Waals surface area contributed by atoms with Crippen LogP contribution in [0, 0.1) is 5.92 Å². The molecule has 1 aliphatic heterocycles. The van der Waals surface area contributed by atoms with Gasteiger partial charge >= 0.3 is 12.4 Å². The van der Waals surface area contributed by atoms with E-state index in [2.05, 4.69) is 5.32 Å². The lowest BCUT2D eigenvalue weighted by atomic mass is 10.1. The van der Waals surface area contributed by atoms with Crippen molar-refractivity contribution in [3.05, 3.63) is 65.2 Å². The van der Waals surface area contributed by atoms with E-state index in [0.717, 1.165) is 29.2 Å². The zero-order chi connectivity index (χ0) is 22.1. The van der Waals surface area contributed by atoms with Crippen LogP contribution in [0.4, 0.5) is 32.0 Å².